The Kier molecular flexibility index (Phi) is 4.59. The summed E-state index contributed by atoms with van der Waals surface area (Å²) in [6.07, 6.45) is 6.10. The molecule has 0 aromatic rings. The summed E-state index contributed by atoms with van der Waals surface area (Å²) in [6, 6.07) is 0. The minimum Gasteiger partial charge on any atom is -0.390 e. The van der Waals surface area contributed by atoms with Crippen LogP contribution in [-0.4, -0.2) is 33.8 Å². The van der Waals surface area contributed by atoms with E-state index in [1.807, 2.05) is 6.92 Å². The molecule has 4 rings (SSSR count). The fourth-order valence-electron chi connectivity index (χ4n) is 7.47. The van der Waals surface area contributed by atoms with E-state index < -0.39 is 22.6 Å². The van der Waals surface area contributed by atoms with Crippen molar-refractivity contribution in [3.05, 3.63) is 23.8 Å². The zero-order chi connectivity index (χ0) is 20.5. The van der Waals surface area contributed by atoms with Crippen molar-refractivity contribution in [1.29, 1.82) is 0 Å². The van der Waals surface area contributed by atoms with Crippen LogP contribution in [0.25, 0.3) is 0 Å². The smallest absolute Gasteiger partial charge is 0.178 e. The second-order valence-corrected chi connectivity index (χ2v) is 10.2. The van der Waals surface area contributed by atoms with E-state index in [2.05, 4.69) is 13.8 Å². The maximum atomic E-state index is 16.9. The molecule has 3 saturated carbocycles. The molecule has 152 valence electrons. The minimum absolute atomic E-state index is 0.0411. The van der Waals surface area contributed by atoms with Crippen molar-refractivity contribution >= 4 is 29.2 Å². The van der Waals surface area contributed by atoms with Gasteiger partial charge in [0.05, 0.1) is 6.10 Å². The molecule has 28 heavy (non-hydrogen) atoms. The summed E-state index contributed by atoms with van der Waals surface area (Å²) >= 11 is 4.91. The number of ketones is 2. The summed E-state index contributed by atoms with van der Waals surface area (Å²) in [5.74, 6) is -0.306. The maximum absolute atomic E-state index is 16.9. The molecule has 0 saturated heterocycles. The van der Waals surface area contributed by atoms with Crippen LogP contribution in [0.1, 0.15) is 52.9 Å². The number of hydrogen-bond donors (Lipinski definition) is 1. The van der Waals surface area contributed by atoms with Crippen LogP contribution in [-0.2, 0) is 9.59 Å². The van der Waals surface area contributed by atoms with Crippen molar-refractivity contribution in [3.8, 4) is 0 Å². The maximum Gasteiger partial charge on any atom is 0.178 e. The summed E-state index contributed by atoms with van der Waals surface area (Å²) in [6.45, 7) is 5.98. The van der Waals surface area contributed by atoms with Crippen molar-refractivity contribution in [3.63, 3.8) is 0 Å². The molecule has 0 spiro atoms. The highest BCUT2D eigenvalue weighted by molar-refractivity contribution is 7.79. The number of aliphatic hydroxyl groups excluding tert-OH is 1. The fourth-order valence-corrected chi connectivity index (χ4v) is 7.64. The number of rotatable bonds is 3. The molecule has 0 aliphatic heterocycles. The highest BCUT2D eigenvalue weighted by atomic mass is 32.1. The highest BCUT2D eigenvalue weighted by Crippen LogP contribution is 2.69. The van der Waals surface area contributed by atoms with Gasteiger partial charge in [-0.15, -0.1) is 0 Å². The number of hydrogen-bond acceptors (Lipinski definition) is 4. The molecule has 8 atom stereocenters. The molecule has 4 aliphatic carbocycles. The van der Waals surface area contributed by atoms with Gasteiger partial charge in [0.25, 0.3) is 0 Å². The average molecular weight is 405 g/mol. The Morgan fingerprint density at radius 3 is 2.79 bits per heavy atom. The first-order valence-electron chi connectivity index (χ1n) is 10.4. The van der Waals surface area contributed by atoms with Crippen molar-refractivity contribution in [2.45, 2.75) is 64.6 Å². The number of fused-ring (bicyclic) bond motifs is 5. The third-order valence-electron chi connectivity index (χ3n) is 8.61. The lowest BCUT2D eigenvalue weighted by atomic mass is 9.45. The number of carbonyl (C=O) groups excluding carboxylic acids is 2. The fraction of sp³-hybridized carbons (Fsp3) is 0.696. The molecular formula is C23H29FO3S. The molecule has 0 amide bonds. The van der Waals surface area contributed by atoms with Gasteiger partial charge in [0.2, 0.25) is 0 Å². The molecule has 4 aliphatic rings. The predicted molar refractivity (Wildman–Crippen MR) is 110 cm³/mol. The average Bonchev–Trinajstić information content (AvgIpc) is 2.87. The van der Waals surface area contributed by atoms with E-state index >= 15 is 4.39 Å². The quantitative estimate of drug-likeness (QED) is 0.717. The van der Waals surface area contributed by atoms with E-state index in [0.29, 0.717) is 12.8 Å². The van der Waals surface area contributed by atoms with Crippen molar-refractivity contribution in [2.24, 2.45) is 34.5 Å². The Hall–Kier alpha value is -1.20. The van der Waals surface area contributed by atoms with Gasteiger partial charge in [-0.25, -0.2) is 4.39 Å². The molecule has 0 unspecified atom stereocenters. The number of halogens is 1. The van der Waals surface area contributed by atoms with Crippen LogP contribution < -0.4 is 0 Å². The summed E-state index contributed by atoms with van der Waals surface area (Å²) in [7, 11) is 0. The lowest BCUT2D eigenvalue weighted by molar-refractivity contribution is -0.195. The standard InChI is InChI=1S/C23H29FO3S/c1-13-10-17-16-5-4-14-11-15(25)6-8-22(14,3)23(16,24)19(27)12-21(17,2)20(13)18(26)7-9-28/h6,8-9,11,13,16-17,19-20,27H,4-5,7,10,12H2,1-3H3/t13-,16+,17+,19+,20-,21+,22+,23+/m1/s1. The first-order chi connectivity index (χ1) is 13.1. The van der Waals surface area contributed by atoms with Crippen molar-refractivity contribution in [2.75, 3.05) is 0 Å². The molecule has 0 heterocycles. The van der Waals surface area contributed by atoms with E-state index in [-0.39, 0.29) is 48.1 Å². The largest absolute Gasteiger partial charge is 0.390 e. The second-order valence-electron chi connectivity index (χ2n) is 9.88. The zero-order valence-electron chi connectivity index (χ0n) is 16.8. The van der Waals surface area contributed by atoms with E-state index in [4.69, 9.17) is 12.2 Å². The highest BCUT2D eigenvalue weighted by Gasteiger charge is 2.71. The molecule has 0 bridgehead atoms. The minimum atomic E-state index is -1.82. The monoisotopic (exact) mass is 404 g/mol. The summed E-state index contributed by atoms with van der Waals surface area (Å²) < 4.78 is 16.9. The molecule has 3 fully saturated rings. The predicted octanol–water partition coefficient (Wildman–Crippen LogP) is 4.18. The zero-order valence-corrected chi connectivity index (χ0v) is 17.6. The Morgan fingerprint density at radius 2 is 2.11 bits per heavy atom. The van der Waals surface area contributed by atoms with Crippen LogP contribution in [0.4, 0.5) is 4.39 Å². The van der Waals surface area contributed by atoms with Gasteiger partial charge in [0.15, 0.2) is 11.5 Å². The number of Topliss-reactive ketones (excluding diaryl/α,β-unsaturated/α-hetero) is 1. The second kappa shape index (κ2) is 6.40. The van der Waals surface area contributed by atoms with Crippen molar-refractivity contribution < 1.29 is 19.1 Å². The molecule has 0 radical (unpaired) electrons. The van der Waals surface area contributed by atoms with Crippen LogP contribution in [0.15, 0.2) is 23.8 Å². The lowest BCUT2D eigenvalue weighted by Crippen LogP contribution is -2.66. The summed E-state index contributed by atoms with van der Waals surface area (Å²) in [5, 5.41) is 12.7. The normalized spacial score (nSPS) is 49.7. The van der Waals surface area contributed by atoms with E-state index in [0.717, 1.165) is 12.0 Å². The van der Waals surface area contributed by atoms with Gasteiger partial charge in [-0.3, -0.25) is 9.59 Å². The molecule has 5 heteroatoms. The van der Waals surface area contributed by atoms with Crippen LogP contribution in [0.3, 0.4) is 0 Å². The number of alkyl halides is 1. The van der Waals surface area contributed by atoms with Gasteiger partial charge in [0, 0.05) is 23.7 Å². The van der Waals surface area contributed by atoms with Gasteiger partial charge in [-0.1, -0.05) is 37.7 Å². The number of thiocarbonyl (C=S) groups is 1. The Balaban J connectivity index is 1.78. The van der Waals surface area contributed by atoms with Crippen molar-refractivity contribution in [1.82, 2.24) is 0 Å². The lowest BCUT2D eigenvalue weighted by Gasteiger charge is -2.62. The molecule has 1 N–H and O–H groups in total. The summed E-state index contributed by atoms with van der Waals surface area (Å²) in [4.78, 5) is 24.7. The van der Waals surface area contributed by atoms with Crippen LogP contribution in [0.2, 0.25) is 0 Å². The summed E-state index contributed by atoms with van der Waals surface area (Å²) in [5.41, 5.74) is -2.41. The van der Waals surface area contributed by atoms with Crippen LogP contribution in [0, 0.1) is 34.5 Å². The first kappa shape index (κ1) is 20.1. The number of aliphatic hydroxyl groups is 1. The van der Waals surface area contributed by atoms with Crippen LogP contribution >= 0.6 is 12.2 Å². The molecule has 0 aromatic heterocycles. The Bertz CT molecular complexity index is 804. The Labute approximate surface area is 171 Å². The van der Waals surface area contributed by atoms with E-state index in [9.17, 15) is 14.7 Å². The van der Waals surface area contributed by atoms with Gasteiger partial charge >= 0.3 is 0 Å². The van der Waals surface area contributed by atoms with Gasteiger partial charge in [-0.2, -0.15) is 0 Å². The van der Waals surface area contributed by atoms with Crippen LogP contribution in [0.5, 0.6) is 0 Å². The molecule has 3 nitrogen and oxygen atoms in total. The van der Waals surface area contributed by atoms with Gasteiger partial charge in [-0.05, 0) is 67.4 Å². The topological polar surface area (TPSA) is 54.4 Å². The van der Waals surface area contributed by atoms with E-state index in [1.54, 1.807) is 12.2 Å². The number of allylic oxidation sites excluding steroid dienone is 4. The third kappa shape index (κ3) is 2.38. The third-order valence-corrected chi connectivity index (χ3v) is 8.78. The first-order valence-corrected chi connectivity index (χ1v) is 10.8. The van der Waals surface area contributed by atoms with Gasteiger partial charge < -0.3 is 5.11 Å². The Morgan fingerprint density at radius 1 is 1.39 bits per heavy atom. The van der Waals surface area contributed by atoms with Gasteiger partial charge in [0.1, 0.15) is 5.78 Å². The number of carbonyl (C=O) groups is 2. The molecular weight excluding hydrogens is 375 g/mol. The van der Waals surface area contributed by atoms with E-state index in [1.165, 1.54) is 11.4 Å². The SMILES string of the molecule is C[C@@H]1C[C@H]2[C@@H]3CCC4=CC(=O)C=C[C@]4(C)[C@@]3(F)[C@@H](O)C[C@]2(C)[C@H]1C(=O)CC=S. The molecule has 0 aromatic carbocycles.